The van der Waals surface area contributed by atoms with Crippen molar-refractivity contribution in [2.24, 2.45) is 0 Å². The van der Waals surface area contributed by atoms with E-state index in [1.54, 1.807) is 11.8 Å². The Morgan fingerprint density at radius 1 is 1.23 bits per heavy atom. The summed E-state index contributed by atoms with van der Waals surface area (Å²) in [5.41, 5.74) is 2.88. The molecule has 0 spiro atoms. The SMILES string of the molecule is COc1ccc(C)cc1-n1nnnc1SCc1nc2c(oc3ccccc32)c(=O)[nH]1. The molecule has 0 atom stereocenters. The van der Waals surface area contributed by atoms with Crippen molar-refractivity contribution in [2.75, 3.05) is 7.11 Å². The van der Waals surface area contributed by atoms with Crippen molar-refractivity contribution in [1.29, 1.82) is 0 Å². The van der Waals surface area contributed by atoms with Gasteiger partial charge in [-0.3, -0.25) is 4.79 Å². The first-order valence-electron chi connectivity index (χ1n) is 9.10. The van der Waals surface area contributed by atoms with E-state index in [9.17, 15) is 4.79 Å². The third kappa shape index (κ3) is 3.11. The summed E-state index contributed by atoms with van der Waals surface area (Å²) >= 11 is 1.36. The Labute approximate surface area is 174 Å². The van der Waals surface area contributed by atoms with E-state index in [2.05, 4.69) is 25.5 Å². The molecular weight excluding hydrogens is 404 g/mol. The summed E-state index contributed by atoms with van der Waals surface area (Å²) in [4.78, 5) is 19.9. The number of H-pyrrole nitrogens is 1. The first-order chi connectivity index (χ1) is 14.6. The second kappa shape index (κ2) is 7.30. The van der Waals surface area contributed by atoms with Gasteiger partial charge in [-0.05, 0) is 47.2 Å². The molecule has 3 aromatic heterocycles. The number of hydrogen-bond acceptors (Lipinski definition) is 8. The smallest absolute Gasteiger partial charge is 0.294 e. The number of nitrogens with one attached hydrogen (secondary N) is 1. The fraction of sp³-hybridized carbons (Fsp3) is 0.150. The number of ether oxygens (including phenoxy) is 1. The molecule has 0 aliphatic rings. The highest BCUT2D eigenvalue weighted by Gasteiger charge is 2.16. The number of aromatic nitrogens is 6. The fourth-order valence-electron chi connectivity index (χ4n) is 3.23. The molecule has 10 heteroatoms. The van der Waals surface area contributed by atoms with E-state index in [0.29, 0.717) is 33.6 Å². The van der Waals surface area contributed by atoms with Gasteiger partial charge in [-0.1, -0.05) is 30.0 Å². The Bertz CT molecular complexity index is 1440. The van der Waals surface area contributed by atoms with Crippen molar-refractivity contribution < 1.29 is 9.15 Å². The quantitative estimate of drug-likeness (QED) is 0.431. The van der Waals surface area contributed by atoms with E-state index in [-0.39, 0.29) is 11.1 Å². The summed E-state index contributed by atoms with van der Waals surface area (Å²) in [6.07, 6.45) is 0. The van der Waals surface area contributed by atoms with Crippen LogP contribution in [-0.4, -0.2) is 37.3 Å². The van der Waals surface area contributed by atoms with E-state index < -0.39 is 0 Å². The minimum Gasteiger partial charge on any atom is -0.494 e. The molecule has 0 aliphatic heterocycles. The second-order valence-electron chi connectivity index (χ2n) is 6.63. The van der Waals surface area contributed by atoms with Crippen LogP contribution in [0, 0.1) is 6.92 Å². The average molecular weight is 420 g/mol. The normalized spacial score (nSPS) is 11.4. The van der Waals surface area contributed by atoms with Gasteiger partial charge in [0.2, 0.25) is 10.7 Å². The van der Waals surface area contributed by atoms with Crippen molar-refractivity contribution in [3.8, 4) is 11.4 Å². The maximum atomic E-state index is 12.5. The number of aromatic amines is 1. The Morgan fingerprint density at radius 2 is 2.10 bits per heavy atom. The van der Waals surface area contributed by atoms with Crippen LogP contribution in [-0.2, 0) is 5.75 Å². The van der Waals surface area contributed by atoms with Gasteiger partial charge in [-0.25, -0.2) is 4.98 Å². The molecule has 0 aliphatic carbocycles. The van der Waals surface area contributed by atoms with Crippen LogP contribution in [0.15, 0.2) is 56.8 Å². The third-order valence-corrected chi connectivity index (χ3v) is 5.55. The van der Waals surface area contributed by atoms with E-state index in [0.717, 1.165) is 16.6 Å². The highest BCUT2D eigenvalue weighted by Crippen LogP contribution is 2.29. The zero-order valence-corrected chi connectivity index (χ0v) is 16.9. The maximum Gasteiger partial charge on any atom is 0.294 e. The minimum absolute atomic E-state index is 0.222. The highest BCUT2D eigenvalue weighted by molar-refractivity contribution is 7.98. The molecule has 30 heavy (non-hydrogen) atoms. The molecule has 3 heterocycles. The Balaban J connectivity index is 1.49. The topological polar surface area (TPSA) is 112 Å². The van der Waals surface area contributed by atoms with Crippen LogP contribution in [0.2, 0.25) is 0 Å². The van der Waals surface area contributed by atoms with Gasteiger partial charge in [-0.15, -0.1) is 5.10 Å². The first-order valence-corrected chi connectivity index (χ1v) is 10.1. The van der Waals surface area contributed by atoms with Crippen LogP contribution in [0.1, 0.15) is 11.4 Å². The Kier molecular flexibility index (Phi) is 4.47. The molecule has 0 fully saturated rings. The average Bonchev–Trinajstić information content (AvgIpc) is 3.37. The monoisotopic (exact) mass is 420 g/mol. The third-order valence-electron chi connectivity index (χ3n) is 4.62. The van der Waals surface area contributed by atoms with Gasteiger partial charge in [0.25, 0.3) is 5.56 Å². The summed E-state index contributed by atoms with van der Waals surface area (Å²) in [6, 6.07) is 13.2. The number of rotatable bonds is 5. The van der Waals surface area contributed by atoms with Gasteiger partial charge in [0.05, 0.1) is 12.9 Å². The van der Waals surface area contributed by atoms with Crippen LogP contribution >= 0.6 is 11.8 Å². The number of aryl methyl sites for hydroxylation is 1. The largest absolute Gasteiger partial charge is 0.494 e. The number of thioether (sulfide) groups is 1. The predicted octanol–water partition coefficient (Wildman–Crippen LogP) is 3.25. The zero-order chi connectivity index (χ0) is 20.7. The predicted molar refractivity (Wildman–Crippen MR) is 112 cm³/mol. The number of fused-ring (bicyclic) bond motifs is 3. The number of para-hydroxylation sites is 1. The van der Waals surface area contributed by atoms with E-state index in [4.69, 9.17) is 9.15 Å². The molecule has 0 unspecified atom stereocenters. The maximum absolute atomic E-state index is 12.5. The lowest BCUT2D eigenvalue weighted by atomic mass is 10.2. The zero-order valence-electron chi connectivity index (χ0n) is 16.1. The lowest BCUT2D eigenvalue weighted by Crippen LogP contribution is -2.10. The van der Waals surface area contributed by atoms with Crippen LogP contribution in [0.4, 0.5) is 0 Å². The molecule has 0 saturated heterocycles. The first kappa shape index (κ1) is 18.4. The van der Waals surface area contributed by atoms with Crippen molar-refractivity contribution in [3.05, 3.63) is 64.2 Å². The van der Waals surface area contributed by atoms with Gasteiger partial charge in [0.1, 0.15) is 28.4 Å². The number of furan rings is 1. The van der Waals surface area contributed by atoms with Gasteiger partial charge < -0.3 is 14.1 Å². The molecule has 2 aromatic carbocycles. The molecule has 1 N–H and O–H groups in total. The van der Waals surface area contributed by atoms with Crippen LogP contribution in [0.3, 0.4) is 0 Å². The van der Waals surface area contributed by atoms with Crippen LogP contribution in [0.5, 0.6) is 5.75 Å². The molecule has 150 valence electrons. The number of hydrogen-bond donors (Lipinski definition) is 1. The van der Waals surface area contributed by atoms with Gasteiger partial charge in [0.15, 0.2) is 0 Å². The molecule has 5 rings (SSSR count). The number of methoxy groups -OCH3 is 1. The molecule has 0 saturated carbocycles. The summed E-state index contributed by atoms with van der Waals surface area (Å²) in [7, 11) is 1.60. The van der Waals surface area contributed by atoms with Crippen molar-refractivity contribution in [1.82, 2.24) is 30.2 Å². The summed E-state index contributed by atoms with van der Waals surface area (Å²) in [5, 5.41) is 13.4. The standard InChI is InChI=1S/C20H16N6O3S/c1-11-7-8-15(28-2)13(9-11)26-20(23-24-25-26)30-10-16-21-17-12-5-3-4-6-14(12)29-18(17)19(27)22-16/h3-9H,10H2,1-2H3,(H,21,22,27). The lowest BCUT2D eigenvalue weighted by molar-refractivity contribution is 0.410. The van der Waals surface area contributed by atoms with Gasteiger partial charge in [0, 0.05) is 5.39 Å². The minimum atomic E-state index is -0.313. The van der Waals surface area contributed by atoms with E-state index in [1.165, 1.54) is 11.8 Å². The molecular formula is C20H16N6O3S. The molecule has 9 nitrogen and oxygen atoms in total. The van der Waals surface area contributed by atoms with Crippen LogP contribution in [0.25, 0.3) is 27.8 Å². The Morgan fingerprint density at radius 3 is 2.97 bits per heavy atom. The Hall–Kier alpha value is -3.66. The van der Waals surface area contributed by atoms with E-state index in [1.807, 2.05) is 49.4 Å². The van der Waals surface area contributed by atoms with Crippen molar-refractivity contribution >= 4 is 33.8 Å². The fourth-order valence-corrected chi connectivity index (χ4v) is 3.99. The molecule has 0 radical (unpaired) electrons. The number of nitrogens with zero attached hydrogens (tertiary/aromatic N) is 5. The summed E-state index contributed by atoms with van der Waals surface area (Å²) in [5.74, 6) is 1.54. The molecule has 0 amide bonds. The molecule has 0 bridgehead atoms. The van der Waals surface area contributed by atoms with Crippen molar-refractivity contribution in [2.45, 2.75) is 17.8 Å². The van der Waals surface area contributed by atoms with Crippen molar-refractivity contribution in [3.63, 3.8) is 0 Å². The molecule has 5 aromatic rings. The highest BCUT2D eigenvalue weighted by atomic mass is 32.2. The number of benzene rings is 2. The van der Waals surface area contributed by atoms with Gasteiger partial charge in [-0.2, -0.15) is 4.68 Å². The van der Waals surface area contributed by atoms with Gasteiger partial charge >= 0.3 is 0 Å². The second-order valence-corrected chi connectivity index (χ2v) is 7.57. The summed E-state index contributed by atoms with van der Waals surface area (Å²) in [6.45, 7) is 1.99. The van der Waals surface area contributed by atoms with Crippen LogP contribution < -0.4 is 10.3 Å². The van der Waals surface area contributed by atoms with E-state index >= 15 is 0 Å². The lowest BCUT2D eigenvalue weighted by Gasteiger charge is -2.10. The summed E-state index contributed by atoms with van der Waals surface area (Å²) < 4.78 is 12.7. The number of tetrazole rings is 1.